The Morgan fingerprint density at radius 2 is 0.882 bits per heavy atom. The Bertz CT molecular complexity index is 4000. The first-order valence-corrected chi connectivity index (χ1v) is 24.2. The Kier molecular flexibility index (Phi) is 7.73. The predicted octanol–water partition coefficient (Wildman–Crippen LogP) is 18.2. The first kappa shape index (κ1) is 39.5. The van der Waals surface area contributed by atoms with Gasteiger partial charge in [0, 0.05) is 66.0 Å². The standard InChI is InChI=1S/C65H51NO2/c1-36-30-37(2)32-38(31-36)47-35-51-54(56-45-21-13-16-24-52(45)67-61(47)56)43-28-26-40(33-49(43)63(51,3)4)66(39-18-10-9-11-19-39)41-27-29-44-50(34-41)65(7,8)59-55(44)57-46-22-14-17-25-53(46)68-62(57)58-42-20-12-15-23-48(42)64(5,6)60(58)59/h9-35H,1-8H3. The Morgan fingerprint density at radius 1 is 0.368 bits per heavy atom. The summed E-state index contributed by atoms with van der Waals surface area (Å²) in [6.07, 6.45) is 0. The lowest BCUT2D eigenvalue weighted by Gasteiger charge is -2.32. The lowest BCUT2D eigenvalue weighted by Crippen LogP contribution is -2.24. The van der Waals surface area contributed by atoms with Gasteiger partial charge >= 0.3 is 0 Å². The van der Waals surface area contributed by atoms with Gasteiger partial charge in [-0.2, -0.15) is 0 Å². The van der Waals surface area contributed by atoms with E-state index in [0.29, 0.717) is 0 Å². The van der Waals surface area contributed by atoms with Gasteiger partial charge in [-0.15, -0.1) is 0 Å². The number of hydrogen-bond acceptors (Lipinski definition) is 3. The van der Waals surface area contributed by atoms with E-state index >= 15 is 0 Å². The van der Waals surface area contributed by atoms with E-state index in [9.17, 15) is 0 Å². The predicted molar refractivity (Wildman–Crippen MR) is 283 cm³/mol. The number of hydrogen-bond donors (Lipinski definition) is 0. The third kappa shape index (κ3) is 5.04. The van der Waals surface area contributed by atoms with Crippen molar-refractivity contribution in [1.82, 2.24) is 0 Å². The summed E-state index contributed by atoms with van der Waals surface area (Å²) < 4.78 is 13.8. The summed E-state index contributed by atoms with van der Waals surface area (Å²) in [5.41, 5.74) is 27.0. The maximum atomic E-state index is 6.97. The van der Waals surface area contributed by atoms with Crippen molar-refractivity contribution < 1.29 is 8.83 Å². The lowest BCUT2D eigenvalue weighted by atomic mass is 9.72. The van der Waals surface area contributed by atoms with Crippen molar-refractivity contribution in [1.29, 1.82) is 0 Å². The molecule has 9 aromatic carbocycles. The van der Waals surface area contributed by atoms with E-state index in [0.717, 1.165) is 50.3 Å². The van der Waals surface area contributed by atoms with Gasteiger partial charge in [0.1, 0.15) is 22.3 Å². The normalized spacial score (nSPS) is 15.4. The van der Waals surface area contributed by atoms with E-state index in [1.54, 1.807) is 0 Å². The van der Waals surface area contributed by atoms with Crippen LogP contribution in [0.2, 0.25) is 0 Å². The monoisotopic (exact) mass is 877 g/mol. The fourth-order valence-corrected chi connectivity index (χ4v) is 13.2. The van der Waals surface area contributed by atoms with Crippen LogP contribution in [0.15, 0.2) is 173 Å². The van der Waals surface area contributed by atoms with Gasteiger partial charge in [-0.3, -0.25) is 0 Å². The highest BCUT2D eigenvalue weighted by Crippen LogP contribution is 2.64. The van der Waals surface area contributed by atoms with E-state index in [2.05, 4.69) is 224 Å². The molecule has 2 aromatic heterocycles. The summed E-state index contributed by atoms with van der Waals surface area (Å²) in [5.74, 6) is 0. The third-order valence-corrected chi connectivity index (χ3v) is 16.2. The minimum Gasteiger partial charge on any atom is -0.455 e. The molecule has 2 heterocycles. The molecule has 0 fully saturated rings. The zero-order valence-corrected chi connectivity index (χ0v) is 39.9. The maximum absolute atomic E-state index is 6.97. The summed E-state index contributed by atoms with van der Waals surface area (Å²) in [4.78, 5) is 2.47. The van der Waals surface area contributed by atoms with Crippen molar-refractivity contribution in [2.45, 2.75) is 71.6 Å². The molecular weight excluding hydrogens is 827 g/mol. The van der Waals surface area contributed by atoms with Crippen molar-refractivity contribution in [3.8, 4) is 44.5 Å². The molecule has 3 heteroatoms. The Hall–Kier alpha value is -7.62. The molecule has 0 spiro atoms. The SMILES string of the molecule is Cc1cc(C)cc(-c2cc3c(c4c2oc2ccccc24)-c2ccc(N(c4ccccc4)c4ccc5c(c4)C(C)(C)c4c6c(c7oc8ccccc8c7c4-5)-c4ccccc4C6(C)C)cc2C3(C)C)c1. The zero-order chi connectivity index (χ0) is 46.2. The first-order valence-electron chi connectivity index (χ1n) is 24.2. The van der Waals surface area contributed by atoms with E-state index in [4.69, 9.17) is 8.83 Å². The number of nitrogens with zero attached hydrogens (tertiary/aromatic N) is 1. The summed E-state index contributed by atoms with van der Waals surface area (Å²) in [6.45, 7) is 18.9. The van der Waals surface area contributed by atoms with Gasteiger partial charge < -0.3 is 13.7 Å². The Balaban J connectivity index is 0.980. The Labute approximate surface area is 397 Å². The van der Waals surface area contributed by atoms with E-state index in [-0.39, 0.29) is 16.2 Å². The summed E-state index contributed by atoms with van der Waals surface area (Å²) in [6, 6.07) is 60.8. The average molecular weight is 878 g/mol. The smallest absolute Gasteiger partial charge is 0.144 e. The minimum absolute atomic E-state index is 0.218. The maximum Gasteiger partial charge on any atom is 0.144 e. The van der Waals surface area contributed by atoms with Gasteiger partial charge in [0.25, 0.3) is 0 Å². The number of fused-ring (bicyclic) bond motifs is 19. The number of furan rings is 2. The highest BCUT2D eigenvalue weighted by atomic mass is 16.3. The molecule has 0 N–H and O–H groups in total. The van der Waals surface area contributed by atoms with Crippen LogP contribution in [-0.2, 0) is 16.2 Å². The number of rotatable bonds is 4. The van der Waals surface area contributed by atoms with Crippen LogP contribution in [0.4, 0.5) is 17.1 Å². The summed E-state index contributed by atoms with van der Waals surface area (Å²) >= 11 is 0. The van der Waals surface area contributed by atoms with Gasteiger partial charge in [0.15, 0.2) is 0 Å². The van der Waals surface area contributed by atoms with Crippen molar-refractivity contribution >= 4 is 60.9 Å². The van der Waals surface area contributed by atoms with Gasteiger partial charge in [-0.25, -0.2) is 0 Å². The van der Waals surface area contributed by atoms with Crippen LogP contribution in [-0.4, -0.2) is 0 Å². The Morgan fingerprint density at radius 3 is 1.56 bits per heavy atom. The van der Waals surface area contributed by atoms with Crippen LogP contribution in [0.5, 0.6) is 0 Å². The molecule has 0 amide bonds. The quantitative estimate of drug-likeness (QED) is 0.176. The molecular formula is C65H51NO2. The minimum atomic E-state index is -0.313. The highest BCUT2D eigenvalue weighted by molar-refractivity contribution is 6.21. The van der Waals surface area contributed by atoms with Crippen LogP contribution in [0, 0.1) is 13.8 Å². The molecule has 0 saturated heterocycles. The molecule has 328 valence electrons. The molecule has 0 atom stereocenters. The van der Waals surface area contributed by atoms with Crippen LogP contribution in [0.1, 0.15) is 86.1 Å². The fourth-order valence-electron chi connectivity index (χ4n) is 13.2. The number of aryl methyl sites for hydroxylation is 2. The fraction of sp³-hybridized carbons (Fsp3) is 0.169. The summed E-state index contributed by atoms with van der Waals surface area (Å²) in [5, 5.41) is 4.75. The first-order chi connectivity index (χ1) is 32.8. The average Bonchev–Trinajstić information content (AvgIpc) is 4.08. The molecule has 0 bridgehead atoms. The van der Waals surface area contributed by atoms with Crippen LogP contribution in [0.3, 0.4) is 0 Å². The molecule has 0 radical (unpaired) electrons. The number of para-hydroxylation sites is 3. The zero-order valence-electron chi connectivity index (χ0n) is 39.9. The molecule has 14 rings (SSSR count). The van der Waals surface area contributed by atoms with Gasteiger partial charge in [0.05, 0.1) is 0 Å². The second-order valence-electron chi connectivity index (χ2n) is 21.4. The van der Waals surface area contributed by atoms with Crippen molar-refractivity contribution in [3.63, 3.8) is 0 Å². The second-order valence-corrected chi connectivity index (χ2v) is 21.4. The van der Waals surface area contributed by atoms with Crippen molar-refractivity contribution in [2.24, 2.45) is 0 Å². The van der Waals surface area contributed by atoms with Crippen molar-refractivity contribution in [2.75, 3.05) is 4.90 Å². The largest absolute Gasteiger partial charge is 0.455 e. The topological polar surface area (TPSA) is 29.5 Å². The summed E-state index contributed by atoms with van der Waals surface area (Å²) in [7, 11) is 0. The second kappa shape index (κ2) is 13.3. The molecule has 0 aliphatic heterocycles. The van der Waals surface area contributed by atoms with Crippen LogP contribution >= 0.6 is 0 Å². The third-order valence-electron chi connectivity index (χ3n) is 16.2. The molecule has 3 nitrogen and oxygen atoms in total. The molecule has 3 aliphatic rings. The van der Waals surface area contributed by atoms with Crippen LogP contribution in [0.25, 0.3) is 88.4 Å². The number of benzene rings is 9. The van der Waals surface area contributed by atoms with E-state index < -0.39 is 0 Å². The molecule has 11 aromatic rings. The van der Waals surface area contributed by atoms with E-state index in [1.165, 1.54) is 99.6 Å². The molecule has 3 aliphatic carbocycles. The molecule has 68 heavy (non-hydrogen) atoms. The highest BCUT2D eigenvalue weighted by Gasteiger charge is 2.49. The van der Waals surface area contributed by atoms with Gasteiger partial charge in [-0.1, -0.05) is 162 Å². The lowest BCUT2D eigenvalue weighted by molar-refractivity contribution is 0.600. The van der Waals surface area contributed by atoms with E-state index in [1.807, 2.05) is 0 Å². The van der Waals surface area contributed by atoms with Gasteiger partial charge in [0.2, 0.25) is 0 Å². The van der Waals surface area contributed by atoms with Crippen molar-refractivity contribution in [3.05, 3.63) is 208 Å². The molecule has 0 saturated carbocycles. The van der Waals surface area contributed by atoms with Crippen LogP contribution < -0.4 is 4.90 Å². The molecule has 0 unspecified atom stereocenters. The number of anilines is 3. The van der Waals surface area contributed by atoms with Gasteiger partial charge in [-0.05, 0) is 135 Å².